The second-order valence-corrected chi connectivity index (χ2v) is 17.2. The second kappa shape index (κ2) is 12.6. The molecule has 8 nitrogen and oxygen atoms in total. The first-order valence-electron chi connectivity index (χ1n) is 14.6. The van der Waals surface area contributed by atoms with Crippen LogP contribution in [0.1, 0.15) is 51.2 Å². The van der Waals surface area contributed by atoms with Gasteiger partial charge in [-0.1, -0.05) is 26.8 Å². The minimum Gasteiger partial charge on any atom is -0.455 e. The number of hydrogen-bond acceptors (Lipinski definition) is 6. The number of nitrogens with zero attached hydrogens (tertiary/aromatic N) is 2. The molecule has 232 valence electrons. The van der Waals surface area contributed by atoms with E-state index in [0.717, 1.165) is 0 Å². The van der Waals surface area contributed by atoms with Gasteiger partial charge in [0.15, 0.2) is 9.73 Å². The molecule has 2 N–H and O–H groups in total. The van der Waals surface area contributed by atoms with E-state index in [1.54, 1.807) is 11.8 Å². The fourth-order valence-corrected chi connectivity index (χ4v) is 5.44. The Kier molecular flexibility index (Phi) is 9.09. The normalized spacial score (nSPS) is 18.5. The molecule has 2 aromatic heterocycles. The van der Waals surface area contributed by atoms with Crippen LogP contribution in [0, 0.1) is 5.82 Å². The van der Waals surface area contributed by atoms with Crippen molar-refractivity contribution >= 4 is 20.0 Å². The third-order valence-corrected chi connectivity index (χ3v) is 12.8. The smallest absolute Gasteiger partial charge is 0.257 e. The van der Waals surface area contributed by atoms with Crippen LogP contribution in [-0.4, -0.2) is 54.1 Å². The van der Waals surface area contributed by atoms with Gasteiger partial charge in [-0.3, -0.25) is 14.5 Å². The molecule has 12 heteroatoms. The summed E-state index contributed by atoms with van der Waals surface area (Å²) in [5, 5.41) is 0.606. The zero-order valence-electron chi connectivity index (χ0n) is 26.3. The molecule has 1 aliphatic rings. The van der Waals surface area contributed by atoms with E-state index in [1.807, 2.05) is 0 Å². The van der Waals surface area contributed by atoms with E-state index in [1.165, 1.54) is 54.9 Å². The van der Waals surface area contributed by atoms with Crippen LogP contribution >= 0.6 is 0 Å². The van der Waals surface area contributed by atoms with Crippen molar-refractivity contribution in [3.63, 3.8) is 0 Å². The number of nitrogens with one attached hydrogen (secondary N) is 2. The Balaban J connectivity index is 1.43. The van der Waals surface area contributed by atoms with Gasteiger partial charge >= 0.3 is 0 Å². The largest absolute Gasteiger partial charge is 0.455 e. The summed E-state index contributed by atoms with van der Waals surface area (Å²) < 4.78 is 64.3. The zero-order chi connectivity index (χ0) is 32.4. The topological polar surface area (TPSA) is 96.6 Å². The predicted molar refractivity (Wildman–Crippen MR) is 162 cm³/mol. The van der Waals surface area contributed by atoms with Crippen LogP contribution in [0.2, 0.25) is 19.5 Å². The standard InChI is InChI=1S/C31H39F3N4O4Si/c1-20(38-14-13-31(33,34)25(18-38)21-7-12-28(39)36-16-21)29(40)37-27-11-9-24(17-35-27)42-26-10-8-23(32)15-22(26)19-41-43(5,6)30(2,3)4/h7-12,15-17,20,25H,13-14,18-19H2,1-6H3,(H,36,39)(H,35,37,40)/t20?,25-/m1/s1/i/hD. The number of aromatic nitrogens is 2. The maximum Gasteiger partial charge on any atom is 0.257 e. The lowest BCUT2D eigenvalue weighted by Gasteiger charge is -2.40. The van der Waals surface area contributed by atoms with Gasteiger partial charge in [-0.25, -0.2) is 18.2 Å². The van der Waals surface area contributed by atoms with E-state index in [2.05, 4.69) is 43.8 Å². The SMILES string of the molecule is [2H]N(C(=O)C(C)N1CCC(F)(F)[C@@H](c2ccc(=O)[nH]c2)C1)c1ccc(Oc2ccc(F)cc2CO[Si](C)(C)C(C)(C)C)cn1. The zero-order valence-corrected chi connectivity index (χ0v) is 26.3. The second-order valence-electron chi connectivity index (χ2n) is 12.4. The predicted octanol–water partition coefficient (Wildman–Crippen LogP) is 6.67. The minimum absolute atomic E-state index is 0.0225. The van der Waals surface area contributed by atoms with Gasteiger partial charge in [0.2, 0.25) is 11.5 Å². The minimum atomic E-state index is -3.02. The monoisotopic (exact) mass is 617 g/mol. The molecule has 1 fully saturated rings. The summed E-state index contributed by atoms with van der Waals surface area (Å²) in [6.45, 7) is 12.1. The molecule has 3 aromatic rings. The molecule has 0 saturated carbocycles. The van der Waals surface area contributed by atoms with Crippen molar-refractivity contribution in [2.75, 3.05) is 18.4 Å². The van der Waals surface area contributed by atoms with E-state index < -0.39 is 49.9 Å². The summed E-state index contributed by atoms with van der Waals surface area (Å²) in [7, 11) is -2.11. The molecule has 4 rings (SSSR count). The van der Waals surface area contributed by atoms with E-state index >= 15 is 0 Å². The van der Waals surface area contributed by atoms with Crippen LogP contribution in [-0.2, 0) is 15.8 Å². The molecule has 2 atom stereocenters. The van der Waals surface area contributed by atoms with Crippen molar-refractivity contribution in [2.45, 2.75) is 76.7 Å². The Morgan fingerprint density at radius 2 is 2.00 bits per heavy atom. The first-order valence-corrected chi connectivity index (χ1v) is 17.1. The number of carbonyl (C=O) groups excluding carboxylic acids is 1. The summed E-state index contributed by atoms with van der Waals surface area (Å²) in [6.07, 6.45) is 2.16. The van der Waals surface area contributed by atoms with E-state index in [4.69, 9.17) is 10.6 Å². The number of rotatable bonds is 9. The number of likely N-dealkylation sites (tertiary alicyclic amines) is 1. The average Bonchev–Trinajstić information content (AvgIpc) is 2.96. The van der Waals surface area contributed by atoms with Crippen LogP contribution in [0.5, 0.6) is 11.5 Å². The Bertz CT molecular complexity index is 1510. The molecule has 0 spiro atoms. The van der Waals surface area contributed by atoms with Gasteiger partial charge in [-0.2, -0.15) is 0 Å². The third kappa shape index (κ3) is 7.92. The highest BCUT2D eigenvalue weighted by Gasteiger charge is 2.46. The van der Waals surface area contributed by atoms with Crippen molar-refractivity contribution in [1.82, 2.24) is 14.9 Å². The molecule has 1 aromatic carbocycles. The number of pyridine rings is 2. The first-order chi connectivity index (χ1) is 20.5. The van der Waals surface area contributed by atoms with E-state index in [0.29, 0.717) is 22.4 Å². The Morgan fingerprint density at radius 1 is 1.26 bits per heavy atom. The highest BCUT2D eigenvalue weighted by Crippen LogP contribution is 2.41. The van der Waals surface area contributed by atoms with Gasteiger partial charge < -0.3 is 19.5 Å². The van der Waals surface area contributed by atoms with Crippen LogP contribution in [0.3, 0.4) is 0 Å². The van der Waals surface area contributed by atoms with Crippen molar-refractivity contribution in [3.8, 4) is 11.5 Å². The summed E-state index contributed by atoms with van der Waals surface area (Å²) in [5.41, 5.74) is 0.419. The molecule has 1 aliphatic heterocycles. The van der Waals surface area contributed by atoms with Crippen LogP contribution in [0.15, 0.2) is 59.7 Å². The number of hydrogen-bond donors (Lipinski definition) is 2. The fraction of sp³-hybridized carbons (Fsp3) is 0.452. The molecular weight excluding hydrogens is 577 g/mol. The van der Waals surface area contributed by atoms with Crippen molar-refractivity contribution in [2.24, 2.45) is 0 Å². The van der Waals surface area contributed by atoms with Gasteiger partial charge in [0.05, 0.1) is 24.8 Å². The molecular formula is C31H39F3N4O4Si. The molecule has 3 heterocycles. The summed E-state index contributed by atoms with van der Waals surface area (Å²) in [4.78, 5) is 32.9. The summed E-state index contributed by atoms with van der Waals surface area (Å²) in [5.74, 6) is -4.57. The highest BCUT2D eigenvalue weighted by molar-refractivity contribution is 6.74. The number of carbonyl (C=O) groups is 1. The van der Waals surface area contributed by atoms with Gasteiger partial charge in [0.1, 0.15) is 23.1 Å². The number of alkyl halides is 2. The van der Waals surface area contributed by atoms with Crippen molar-refractivity contribution in [1.29, 1.82) is 0 Å². The first kappa shape index (κ1) is 31.0. The van der Waals surface area contributed by atoms with Gasteiger partial charge in [-0.15, -0.1) is 0 Å². The summed E-state index contributed by atoms with van der Waals surface area (Å²) >= 11 is 0. The van der Waals surface area contributed by atoms with Crippen LogP contribution in [0.25, 0.3) is 0 Å². The Morgan fingerprint density at radius 3 is 2.63 bits per heavy atom. The lowest BCUT2D eigenvalue weighted by atomic mass is 9.87. The molecule has 43 heavy (non-hydrogen) atoms. The van der Waals surface area contributed by atoms with Gasteiger partial charge in [0, 0.05) is 37.3 Å². The third-order valence-electron chi connectivity index (χ3n) is 8.37. The maximum absolute atomic E-state index is 14.8. The highest BCUT2D eigenvalue weighted by atomic mass is 28.4. The Labute approximate surface area is 252 Å². The van der Waals surface area contributed by atoms with E-state index in [9.17, 15) is 22.8 Å². The van der Waals surface area contributed by atoms with Gasteiger partial charge in [-0.05, 0) is 61.0 Å². The number of H-pyrrole nitrogens is 1. The van der Waals surface area contributed by atoms with E-state index in [-0.39, 0.29) is 36.1 Å². The molecule has 0 radical (unpaired) electrons. The molecule has 1 saturated heterocycles. The van der Waals surface area contributed by atoms with Crippen molar-refractivity contribution in [3.05, 3.63) is 82.2 Å². The van der Waals surface area contributed by atoms with Gasteiger partial charge in [0.25, 0.3) is 5.92 Å². The quantitative estimate of drug-likeness (QED) is 0.260. The number of aromatic amines is 1. The number of benzene rings is 1. The average molecular weight is 618 g/mol. The number of amides is 1. The number of halogens is 3. The fourth-order valence-electron chi connectivity index (χ4n) is 4.49. The lowest BCUT2D eigenvalue weighted by Crippen LogP contribution is -2.52. The molecule has 1 unspecified atom stereocenters. The van der Waals surface area contributed by atoms with Crippen molar-refractivity contribution < 1.29 is 28.5 Å². The molecule has 0 aliphatic carbocycles. The maximum atomic E-state index is 14.8. The number of ether oxygens (including phenoxy) is 1. The van der Waals surface area contributed by atoms with Crippen LogP contribution in [0.4, 0.5) is 19.0 Å². The molecule has 0 bridgehead atoms. The van der Waals surface area contributed by atoms with Crippen LogP contribution < -0.4 is 15.6 Å². The summed E-state index contributed by atoms with van der Waals surface area (Å²) in [6, 6.07) is 8.84. The lowest BCUT2D eigenvalue weighted by molar-refractivity contribution is -0.125. The number of anilines is 1. The number of piperidine rings is 1. The Hall–Kier alpha value is -3.48. The molecule has 1 amide bonds.